The zero-order chi connectivity index (χ0) is 21.9. The lowest BCUT2D eigenvalue weighted by molar-refractivity contribution is -0.196. The lowest BCUT2D eigenvalue weighted by Gasteiger charge is -2.56. The first-order chi connectivity index (χ1) is 14.2. The van der Waals surface area contributed by atoms with Crippen LogP contribution in [0.5, 0.6) is 0 Å². The summed E-state index contributed by atoms with van der Waals surface area (Å²) >= 11 is 0. The van der Waals surface area contributed by atoms with Crippen molar-refractivity contribution in [2.24, 2.45) is 40.9 Å². The first kappa shape index (κ1) is 23.6. The molecule has 3 nitrogen and oxygen atoms in total. The zero-order valence-corrected chi connectivity index (χ0v) is 20.2. The number of nitrogens with zero attached hydrogens (tertiary/aromatic N) is 1. The minimum Gasteiger partial charge on any atom is -0.459 e. The van der Waals surface area contributed by atoms with Gasteiger partial charge in [0.15, 0.2) is 0 Å². The van der Waals surface area contributed by atoms with Crippen molar-refractivity contribution in [3.63, 3.8) is 0 Å². The number of unbranched alkanes of at least 4 members (excludes halogenated alkanes) is 2. The van der Waals surface area contributed by atoms with Crippen molar-refractivity contribution in [2.75, 3.05) is 0 Å². The number of ether oxygens (including phenoxy) is 1. The summed E-state index contributed by atoms with van der Waals surface area (Å²) in [5.74, 6) is 4.12. The number of esters is 1. The van der Waals surface area contributed by atoms with Crippen LogP contribution in [0, 0.1) is 52.3 Å². The van der Waals surface area contributed by atoms with E-state index in [9.17, 15) is 4.79 Å². The molecule has 0 N–H and O–H groups in total. The fraction of sp³-hybridized carbons (Fsp3) is 0.926. The topological polar surface area (TPSA) is 50.1 Å². The molecule has 3 fully saturated rings. The predicted octanol–water partition coefficient (Wildman–Crippen LogP) is 7.30. The second-order valence-corrected chi connectivity index (χ2v) is 11.8. The van der Waals surface area contributed by atoms with E-state index in [0.29, 0.717) is 36.0 Å². The highest BCUT2D eigenvalue weighted by Crippen LogP contribution is 2.64. The van der Waals surface area contributed by atoms with Crippen LogP contribution in [0.25, 0.3) is 0 Å². The maximum atomic E-state index is 12.7. The summed E-state index contributed by atoms with van der Waals surface area (Å²) in [5.41, 5.74) is 0.0789. The van der Waals surface area contributed by atoms with E-state index in [4.69, 9.17) is 10.00 Å². The standard InChI is InChI=1S/C27H45NO2/c1-19(2)10-9-11-20(3)22-12-13-23-21-18-25(29)30-27(5,15-7-6-8-17-28)24(21)14-16-26(22,23)4/h19-24H,6-16,18H2,1-5H3/t20-,21+,22-,23+,24+,26-,27-/m1/s1. The molecule has 0 radical (unpaired) electrons. The highest BCUT2D eigenvalue weighted by atomic mass is 16.6. The van der Waals surface area contributed by atoms with Gasteiger partial charge in [-0.1, -0.05) is 47.0 Å². The van der Waals surface area contributed by atoms with Crippen LogP contribution in [0.1, 0.15) is 112 Å². The molecule has 2 saturated carbocycles. The zero-order valence-electron chi connectivity index (χ0n) is 20.2. The number of carbonyl (C=O) groups excluding carboxylic acids is 1. The summed E-state index contributed by atoms with van der Waals surface area (Å²) in [5, 5.41) is 8.84. The van der Waals surface area contributed by atoms with Gasteiger partial charge in [-0.05, 0) is 86.9 Å². The van der Waals surface area contributed by atoms with E-state index in [1.54, 1.807) is 0 Å². The Morgan fingerprint density at radius 1 is 1.07 bits per heavy atom. The third-order valence-corrected chi connectivity index (χ3v) is 9.38. The molecule has 0 aromatic rings. The number of rotatable bonds is 9. The average molecular weight is 416 g/mol. The Morgan fingerprint density at radius 2 is 1.83 bits per heavy atom. The second kappa shape index (κ2) is 9.62. The highest BCUT2D eigenvalue weighted by molar-refractivity contribution is 5.71. The molecule has 0 spiro atoms. The van der Waals surface area contributed by atoms with E-state index < -0.39 is 0 Å². The Kier molecular flexibility index (Phi) is 7.57. The number of cyclic esters (lactones) is 1. The molecule has 1 saturated heterocycles. The summed E-state index contributed by atoms with van der Waals surface area (Å²) in [4.78, 5) is 12.7. The summed E-state index contributed by atoms with van der Waals surface area (Å²) in [6.07, 6.45) is 13.3. The van der Waals surface area contributed by atoms with Crippen LogP contribution in [-0.2, 0) is 9.53 Å². The molecule has 0 aromatic heterocycles. The average Bonchev–Trinajstić information content (AvgIpc) is 3.02. The van der Waals surface area contributed by atoms with E-state index in [1.165, 1.54) is 44.9 Å². The van der Waals surface area contributed by atoms with Crippen molar-refractivity contribution in [2.45, 2.75) is 117 Å². The van der Waals surface area contributed by atoms with Gasteiger partial charge < -0.3 is 4.74 Å². The monoisotopic (exact) mass is 415 g/mol. The lowest BCUT2D eigenvalue weighted by Crippen LogP contribution is -2.55. The highest BCUT2D eigenvalue weighted by Gasteiger charge is 2.60. The number of hydrogen-bond donors (Lipinski definition) is 0. The van der Waals surface area contributed by atoms with Gasteiger partial charge >= 0.3 is 5.97 Å². The number of hydrogen-bond acceptors (Lipinski definition) is 3. The van der Waals surface area contributed by atoms with Crippen molar-refractivity contribution in [3.8, 4) is 6.07 Å². The van der Waals surface area contributed by atoms with Crippen LogP contribution < -0.4 is 0 Å². The third kappa shape index (κ3) is 4.73. The number of carbonyl (C=O) groups is 1. The van der Waals surface area contributed by atoms with Gasteiger partial charge in [0.1, 0.15) is 5.60 Å². The van der Waals surface area contributed by atoms with Crippen molar-refractivity contribution in [1.29, 1.82) is 5.26 Å². The number of fused-ring (bicyclic) bond motifs is 3. The fourth-order valence-electron chi connectivity index (χ4n) is 7.84. The van der Waals surface area contributed by atoms with Crippen LogP contribution in [0.2, 0.25) is 0 Å². The van der Waals surface area contributed by atoms with Crippen molar-refractivity contribution >= 4 is 5.97 Å². The Labute approximate surface area is 185 Å². The van der Waals surface area contributed by atoms with Gasteiger partial charge in [-0.15, -0.1) is 0 Å². The van der Waals surface area contributed by atoms with Gasteiger partial charge in [0.2, 0.25) is 0 Å². The SMILES string of the molecule is CC(C)CCC[C@@H](C)[C@H]1CC[C@H]2[C@@H]3CC(=O)O[C@](C)(CCCCC#N)[C@H]3CC[C@]12C. The molecule has 7 atom stereocenters. The minimum absolute atomic E-state index is 0.0247. The molecular weight excluding hydrogens is 370 g/mol. The smallest absolute Gasteiger partial charge is 0.306 e. The molecule has 0 bridgehead atoms. The molecule has 0 unspecified atom stereocenters. The van der Waals surface area contributed by atoms with Crippen molar-refractivity contribution < 1.29 is 9.53 Å². The first-order valence-electron chi connectivity index (χ1n) is 12.8. The molecule has 3 heteroatoms. The predicted molar refractivity (Wildman–Crippen MR) is 122 cm³/mol. The van der Waals surface area contributed by atoms with Crippen LogP contribution in [0.15, 0.2) is 0 Å². The Bertz CT molecular complexity index is 637. The van der Waals surface area contributed by atoms with Crippen molar-refractivity contribution in [1.82, 2.24) is 0 Å². The number of nitriles is 1. The Balaban J connectivity index is 1.69. The van der Waals surface area contributed by atoms with E-state index in [2.05, 4.69) is 40.7 Å². The molecule has 30 heavy (non-hydrogen) atoms. The normalized spacial score (nSPS) is 39.2. The van der Waals surface area contributed by atoms with E-state index in [0.717, 1.165) is 37.0 Å². The molecule has 1 aliphatic heterocycles. The van der Waals surface area contributed by atoms with Gasteiger partial charge in [0, 0.05) is 18.8 Å². The van der Waals surface area contributed by atoms with E-state index in [-0.39, 0.29) is 11.6 Å². The molecule has 2 aliphatic carbocycles. The Hall–Kier alpha value is -1.04. The van der Waals surface area contributed by atoms with Crippen LogP contribution in [-0.4, -0.2) is 11.6 Å². The van der Waals surface area contributed by atoms with Crippen molar-refractivity contribution in [3.05, 3.63) is 0 Å². The van der Waals surface area contributed by atoms with E-state index >= 15 is 0 Å². The van der Waals surface area contributed by atoms with Crippen LogP contribution >= 0.6 is 0 Å². The molecule has 170 valence electrons. The molecule has 3 rings (SSSR count). The maximum absolute atomic E-state index is 12.7. The van der Waals surface area contributed by atoms with Gasteiger partial charge in [0.05, 0.1) is 6.07 Å². The fourth-order valence-corrected chi connectivity index (χ4v) is 7.84. The summed E-state index contributed by atoms with van der Waals surface area (Å²) in [6.45, 7) is 11.9. The molecule has 0 aromatic carbocycles. The Morgan fingerprint density at radius 3 is 2.53 bits per heavy atom. The molecule has 3 aliphatic rings. The van der Waals surface area contributed by atoms with Gasteiger partial charge in [0.25, 0.3) is 0 Å². The third-order valence-electron chi connectivity index (χ3n) is 9.38. The van der Waals surface area contributed by atoms with Crippen LogP contribution in [0.4, 0.5) is 0 Å². The second-order valence-electron chi connectivity index (χ2n) is 11.8. The molecule has 0 amide bonds. The summed E-state index contributed by atoms with van der Waals surface area (Å²) in [7, 11) is 0. The summed E-state index contributed by atoms with van der Waals surface area (Å²) < 4.78 is 6.03. The van der Waals surface area contributed by atoms with Gasteiger partial charge in [-0.3, -0.25) is 4.79 Å². The summed E-state index contributed by atoms with van der Waals surface area (Å²) in [6, 6.07) is 2.25. The molecular formula is C27H45NO2. The van der Waals surface area contributed by atoms with Gasteiger partial charge in [-0.2, -0.15) is 5.26 Å². The van der Waals surface area contributed by atoms with Gasteiger partial charge in [-0.25, -0.2) is 0 Å². The van der Waals surface area contributed by atoms with E-state index in [1.807, 2.05) is 0 Å². The lowest BCUT2D eigenvalue weighted by atomic mass is 9.52. The molecule has 1 heterocycles. The quantitative estimate of drug-likeness (QED) is 0.293. The minimum atomic E-state index is -0.322. The first-order valence-corrected chi connectivity index (χ1v) is 12.8. The largest absolute Gasteiger partial charge is 0.459 e. The maximum Gasteiger partial charge on any atom is 0.306 e. The van der Waals surface area contributed by atoms with Crippen LogP contribution in [0.3, 0.4) is 0 Å².